The minimum absolute atomic E-state index is 1.06. The lowest BCUT2D eigenvalue weighted by Gasteiger charge is -2.30. The van der Waals surface area contributed by atoms with Crippen molar-refractivity contribution in [3.63, 3.8) is 0 Å². The molecule has 0 aliphatic carbocycles. The van der Waals surface area contributed by atoms with E-state index in [-0.39, 0.29) is 0 Å². The van der Waals surface area contributed by atoms with E-state index in [4.69, 9.17) is 0 Å². The molecule has 2 heteroatoms. The predicted octanol–water partition coefficient (Wildman–Crippen LogP) is 15.9. The zero-order valence-corrected chi connectivity index (χ0v) is 32.0. The lowest BCUT2D eigenvalue weighted by Crippen LogP contribution is -2.13. The number of hydrogen-bond donors (Lipinski definition) is 0. The van der Waals surface area contributed by atoms with Crippen LogP contribution in [0.15, 0.2) is 243 Å². The van der Waals surface area contributed by atoms with E-state index in [1.54, 1.807) is 0 Å². The van der Waals surface area contributed by atoms with Crippen molar-refractivity contribution in [3.8, 4) is 33.4 Å². The molecule has 0 N–H and O–H groups in total. The summed E-state index contributed by atoms with van der Waals surface area (Å²) in [7, 11) is 0. The molecule has 0 fully saturated rings. The largest absolute Gasteiger partial charge is 0.310 e. The third-order valence-corrected chi connectivity index (χ3v) is 11.0. The number of benzene rings is 10. The minimum Gasteiger partial charge on any atom is -0.310 e. The summed E-state index contributed by atoms with van der Waals surface area (Å²) in [4.78, 5) is 4.74. The Labute approximate surface area is 340 Å². The molecule has 0 unspecified atom stereocenters. The van der Waals surface area contributed by atoms with Crippen LogP contribution in [0.5, 0.6) is 0 Å². The van der Waals surface area contributed by atoms with E-state index < -0.39 is 0 Å². The predicted molar refractivity (Wildman–Crippen MR) is 247 cm³/mol. The molecule has 0 atom stereocenters. The van der Waals surface area contributed by atoms with Crippen LogP contribution in [0.3, 0.4) is 0 Å². The van der Waals surface area contributed by atoms with Crippen LogP contribution in [0.1, 0.15) is 0 Å². The van der Waals surface area contributed by atoms with Gasteiger partial charge in [-0.25, -0.2) is 0 Å². The minimum atomic E-state index is 1.06. The molecule has 0 aromatic heterocycles. The maximum atomic E-state index is 2.38. The lowest BCUT2D eigenvalue weighted by molar-refractivity contribution is 1.25. The first-order chi connectivity index (χ1) is 28.8. The van der Waals surface area contributed by atoms with Crippen molar-refractivity contribution in [2.75, 3.05) is 9.80 Å². The molecule has 0 heterocycles. The van der Waals surface area contributed by atoms with Gasteiger partial charge in [0.1, 0.15) is 0 Å². The molecule has 10 aromatic rings. The van der Waals surface area contributed by atoms with Crippen molar-refractivity contribution in [3.05, 3.63) is 243 Å². The second-order valence-electron chi connectivity index (χ2n) is 14.6. The summed E-state index contributed by atoms with van der Waals surface area (Å²) in [5, 5.41) is 4.95. The Hall–Kier alpha value is -7.68. The van der Waals surface area contributed by atoms with E-state index in [1.807, 2.05) is 0 Å². The van der Waals surface area contributed by atoms with Crippen LogP contribution < -0.4 is 9.80 Å². The molecule has 0 aliphatic heterocycles. The number of fused-ring (bicyclic) bond motifs is 3. The van der Waals surface area contributed by atoms with E-state index in [0.717, 1.165) is 39.7 Å². The summed E-state index contributed by atoms with van der Waals surface area (Å²) in [6.45, 7) is 0. The molecule has 0 bridgehead atoms. The first-order valence-corrected chi connectivity index (χ1v) is 19.8. The van der Waals surface area contributed by atoms with Crippen molar-refractivity contribution >= 4 is 55.7 Å². The van der Waals surface area contributed by atoms with Gasteiger partial charge < -0.3 is 9.80 Å². The van der Waals surface area contributed by atoms with Crippen molar-refractivity contribution in [2.45, 2.75) is 0 Å². The first kappa shape index (κ1) is 34.8. The summed E-state index contributed by atoms with van der Waals surface area (Å²) >= 11 is 0. The molecular weight excluding hydrogens is 701 g/mol. The molecule has 0 saturated carbocycles. The molecule has 10 rings (SSSR count). The number of anilines is 6. The van der Waals surface area contributed by atoms with Crippen LogP contribution in [0, 0.1) is 0 Å². The van der Waals surface area contributed by atoms with E-state index >= 15 is 0 Å². The fourth-order valence-corrected chi connectivity index (χ4v) is 8.22. The van der Waals surface area contributed by atoms with Crippen molar-refractivity contribution in [1.82, 2.24) is 0 Å². The second kappa shape index (κ2) is 15.5. The standard InChI is InChI=1S/C56H40N2/c1-5-17-41(18-6-1)42-29-31-43(32-30-42)44-33-35-50(36-34-44)58(49-24-11-4-12-25-49)52-38-46(56-39-45-19-13-14-26-53(45)54-27-15-16-28-55(54)56)37-51(40-52)57(47-20-7-2-8-21-47)48-22-9-3-10-23-48/h1-40H. The highest BCUT2D eigenvalue weighted by molar-refractivity contribution is 6.14. The Bertz CT molecular complexity index is 2920. The molecule has 58 heavy (non-hydrogen) atoms. The average molecular weight is 741 g/mol. The highest BCUT2D eigenvalue weighted by Gasteiger charge is 2.20. The summed E-state index contributed by atoms with van der Waals surface area (Å²) < 4.78 is 0. The monoisotopic (exact) mass is 740 g/mol. The second-order valence-corrected chi connectivity index (χ2v) is 14.6. The molecule has 274 valence electrons. The van der Waals surface area contributed by atoms with Gasteiger partial charge in [-0.05, 0) is 128 Å². The number of hydrogen-bond acceptors (Lipinski definition) is 2. The number of para-hydroxylation sites is 3. The fourth-order valence-electron chi connectivity index (χ4n) is 8.22. The Morgan fingerprint density at radius 1 is 0.207 bits per heavy atom. The Kier molecular flexibility index (Phi) is 9.27. The third-order valence-electron chi connectivity index (χ3n) is 11.0. The quantitative estimate of drug-likeness (QED) is 0.136. The molecule has 2 nitrogen and oxygen atoms in total. The van der Waals surface area contributed by atoms with Crippen LogP contribution in [0.4, 0.5) is 34.1 Å². The molecule has 0 aliphatic rings. The van der Waals surface area contributed by atoms with Gasteiger partial charge in [0.2, 0.25) is 0 Å². The van der Waals surface area contributed by atoms with E-state index in [1.165, 1.54) is 49.4 Å². The van der Waals surface area contributed by atoms with Crippen LogP contribution in [0.25, 0.3) is 54.9 Å². The number of rotatable bonds is 9. The molecular formula is C56H40N2. The molecule has 0 spiro atoms. The first-order valence-electron chi connectivity index (χ1n) is 19.8. The lowest BCUT2D eigenvalue weighted by atomic mass is 9.92. The highest BCUT2D eigenvalue weighted by atomic mass is 15.2. The SMILES string of the molecule is c1ccc(-c2ccc(-c3ccc(N(c4ccccc4)c4cc(-c5cc6ccccc6c6ccccc56)cc(N(c5ccccc5)c5ccccc5)c4)cc3)cc2)cc1. The topological polar surface area (TPSA) is 6.48 Å². The van der Waals surface area contributed by atoms with Crippen LogP contribution in [-0.2, 0) is 0 Å². The van der Waals surface area contributed by atoms with Crippen molar-refractivity contribution in [2.24, 2.45) is 0 Å². The molecule has 0 saturated heterocycles. The summed E-state index contributed by atoms with van der Waals surface area (Å²) in [6, 6.07) is 87.4. The summed E-state index contributed by atoms with van der Waals surface area (Å²) in [5.41, 5.74) is 13.6. The summed E-state index contributed by atoms with van der Waals surface area (Å²) in [5.74, 6) is 0. The van der Waals surface area contributed by atoms with Gasteiger partial charge >= 0.3 is 0 Å². The Morgan fingerprint density at radius 2 is 0.569 bits per heavy atom. The summed E-state index contributed by atoms with van der Waals surface area (Å²) in [6.07, 6.45) is 0. The van der Waals surface area contributed by atoms with Gasteiger partial charge in [-0.2, -0.15) is 0 Å². The van der Waals surface area contributed by atoms with Gasteiger partial charge in [-0.15, -0.1) is 0 Å². The fraction of sp³-hybridized carbons (Fsp3) is 0. The molecule has 10 aromatic carbocycles. The smallest absolute Gasteiger partial charge is 0.0488 e. The van der Waals surface area contributed by atoms with Gasteiger partial charge in [0.05, 0.1) is 0 Å². The van der Waals surface area contributed by atoms with E-state index in [0.29, 0.717) is 0 Å². The maximum Gasteiger partial charge on any atom is 0.0488 e. The van der Waals surface area contributed by atoms with Crippen molar-refractivity contribution < 1.29 is 0 Å². The van der Waals surface area contributed by atoms with E-state index in [2.05, 4.69) is 252 Å². The Balaban J connectivity index is 1.17. The van der Waals surface area contributed by atoms with Gasteiger partial charge in [0.15, 0.2) is 0 Å². The van der Waals surface area contributed by atoms with Gasteiger partial charge in [-0.1, -0.05) is 170 Å². The van der Waals surface area contributed by atoms with Crippen LogP contribution >= 0.6 is 0 Å². The molecule has 0 radical (unpaired) electrons. The van der Waals surface area contributed by atoms with Crippen molar-refractivity contribution in [1.29, 1.82) is 0 Å². The average Bonchev–Trinajstić information content (AvgIpc) is 3.30. The third kappa shape index (κ3) is 6.78. The van der Waals surface area contributed by atoms with Gasteiger partial charge in [-0.3, -0.25) is 0 Å². The van der Waals surface area contributed by atoms with Crippen LogP contribution in [-0.4, -0.2) is 0 Å². The zero-order valence-electron chi connectivity index (χ0n) is 32.0. The Morgan fingerprint density at radius 3 is 1.07 bits per heavy atom. The van der Waals surface area contributed by atoms with Gasteiger partial charge in [0.25, 0.3) is 0 Å². The molecule has 0 amide bonds. The highest BCUT2D eigenvalue weighted by Crippen LogP contribution is 2.45. The van der Waals surface area contributed by atoms with Crippen LogP contribution in [0.2, 0.25) is 0 Å². The normalized spacial score (nSPS) is 11.1. The van der Waals surface area contributed by atoms with E-state index in [9.17, 15) is 0 Å². The van der Waals surface area contributed by atoms with Gasteiger partial charge in [0, 0.05) is 34.1 Å². The maximum absolute atomic E-state index is 2.38. The number of nitrogens with zero attached hydrogens (tertiary/aromatic N) is 2. The zero-order chi connectivity index (χ0) is 38.7.